The van der Waals surface area contributed by atoms with Crippen LogP contribution in [0.25, 0.3) is 0 Å². The van der Waals surface area contributed by atoms with Gasteiger partial charge in [-0.25, -0.2) is 0 Å². The second-order valence-corrected chi connectivity index (χ2v) is 10.4. The van der Waals surface area contributed by atoms with Gasteiger partial charge in [0.05, 0.1) is 5.92 Å². The van der Waals surface area contributed by atoms with Gasteiger partial charge in [-0.15, -0.1) is 0 Å². The molecule has 0 spiro atoms. The summed E-state index contributed by atoms with van der Waals surface area (Å²) in [6.45, 7) is 13.2. The monoisotopic (exact) mass is 320 g/mol. The zero-order valence-electron chi connectivity index (χ0n) is 16.0. The number of fused-ring (bicyclic) bond motifs is 5. The minimum atomic E-state index is -0.182. The molecule has 23 heavy (non-hydrogen) atoms. The summed E-state index contributed by atoms with van der Waals surface area (Å²) in [5.41, 5.74) is -0.0155. The molecule has 3 fully saturated rings. The van der Waals surface area contributed by atoms with Crippen molar-refractivity contribution in [3.8, 4) is 0 Å². The first-order valence-electron chi connectivity index (χ1n) is 9.83. The number of hydrogen-bond acceptors (Lipinski definition) is 2. The number of rotatable bonds is 4. The van der Waals surface area contributed by atoms with Gasteiger partial charge in [-0.2, -0.15) is 0 Å². The molecular formula is C21H36O2. The maximum Gasteiger partial charge on any atom is 0.309 e. The van der Waals surface area contributed by atoms with Crippen LogP contribution in [0.4, 0.5) is 0 Å². The van der Waals surface area contributed by atoms with Gasteiger partial charge in [0.15, 0.2) is 0 Å². The van der Waals surface area contributed by atoms with Gasteiger partial charge in [0.25, 0.3) is 0 Å². The van der Waals surface area contributed by atoms with Gasteiger partial charge in [-0.1, -0.05) is 41.0 Å². The highest BCUT2D eigenvalue weighted by Crippen LogP contribution is 2.63. The van der Waals surface area contributed by atoms with Crippen molar-refractivity contribution in [2.75, 3.05) is 0 Å². The van der Waals surface area contributed by atoms with Crippen molar-refractivity contribution in [1.82, 2.24) is 0 Å². The van der Waals surface area contributed by atoms with Gasteiger partial charge < -0.3 is 4.74 Å². The molecule has 0 amide bonds. The number of ether oxygens (including phenoxy) is 1. The van der Waals surface area contributed by atoms with Crippen LogP contribution in [0.5, 0.6) is 0 Å². The van der Waals surface area contributed by atoms with Crippen molar-refractivity contribution < 1.29 is 9.53 Å². The van der Waals surface area contributed by atoms with Crippen molar-refractivity contribution in [2.45, 2.75) is 85.7 Å². The largest absolute Gasteiger partial charge is 0.459 e. The van der Waals surface area contributed by atoms with Gasteiger partial charge in [-0.05, 0) is 68.1 Å². The predicted octanol–water partition coefficient (Wildman–Crippen LogP) is 5.45. The van der Waals surface area contributed by atoms with Crippen LogP contribution in [0.15, 0.2) is 0 Å². The van der Waals surface area contributed by atoms with E-state index >= 15 is 0 Å². The van der Waals surface area contributed by atoms with Crippen LogP contribution in [0, 0.1) is 40.9 Å². The standard InChI is InChI=1S/C21H36O2/c1-13(2)17(12-20(3,4)5)19(22)23-21(6)11-14-10-18(21)16-9-7-8-15(14)16/h13-18H,7-12H2,1-6H3. The van der Waals surface area contributed by atoms with Crippen LogP contribution in [0.1, 0.15) is 80.1 Å². The Balaban J connectivity index is 1.69. The summed E-state index contributed by atoms with van der Waals surface area (Å²) in [7, 11) is 0. The quantitative estimate of drug-likeness (QED) is 0.644. The number of carbonyl (C=O) groups excluding carboxylic acids is 1. The molecule has 132 valence electrons. The SMILES string of the molecule is CC(C)C(CC(C)(C)C)C(=O)OC1(C)CC2CC1C1CCCC21. The van der Waals surface area contributed by atoms with Crippen LogP contribution >= 0.6 is 0 Å². The van der Waals surface area contributed by atoms with Crippen molar-refractivity contribution in [2.24, 2.45) is 40.9 Å². The molecule has 6 unspecified atom stereocenters. The Hall–Kier alpha value is -0.530. The first-order chi connectivity index (χ1) is 10.6. The molecule has 3 rings (SSSR count). The van der Waals surface area contributed by atoms with E-state index in [-0.39, 0.29) is 22.9 Å². The van der Waals surface area contributed by atoms with E-state index in [0.717, 1.165) is 30.6 Å². The second-order valence-electron chi connectivity index (χ2n) is 10.4. The number of esters is 1. The molecule has 2 bridgehead atoms. The summed E-state index contributed by atoms with van der Waals surface area (Å²) < 4.78 is 6.27. The van der Waals surface area contributed by atoms with E-state index in [1.807, 2.05) is 0 Å². The Bertz CT molecular complexity index is 461. The number of carbonyl (C=O) groups is 1. The molecule has 6 atom stereocenters. The highest BCUT2D eigenvalue weighted by Gasteiger charge is 2.61. The summed E-state index contributed by atoms with van der Waals surface area (Å²) in [5, 5.41) is 0. The third-order valence-electron chi connectivity index (χ3n) is 7.03. The zero-order valence-corrected chi connectivity index (χ0v) is 16.0. The molecule has 2 heteroatoms. The van der Waals surface area contributed by atoms with E-state index in [1.54, 1.807) is 0 Å². The molecule has 0 aromatic carbocycles. The van der Waals surface area contributed by atoms with Crippen molar-refractivity contribution in [3.05, 3.63) is 0 Å². The van der Waals surface area contributed by atoms with E-state index in [2.05, 4.69) is 41.5 Å². The number of hydrogen-bond donors (Lipinski definition) is 0. The van der Waals surface area contributed by atoms with Gasteiger partial charge in [0.1, 0.15) is 5.60 Å². The van der Waals surface area contributed by atoms with E-state index in [0.29, 0.717) is 11.8 Å². The first-order valence-corrected chi connectivity index (χ1v) is 9.83. The molecule has 0 aliphatic heterocycles. The summed E-state index contributed by atoms with van der Waals surface area (Å²) in [6.07, 6.45) is 7.53. The lowest BCUT2D eigenvalue weighted by molar-refractivity contribution is -0.174. The Morgan fingerprint density at radius 3 is 2.48 bits per heavy atom. The van der Waals surface area contributed by atoms with E-state index in [4.69, 9.17) is 4.74 Å². The Morgan fingerprint density at radius 1 is 1.22 bits per heavy atom. The van der Waals surface area contributed by atoms with Gasteiger partial charge in [-0.3, -0.25) is 4.79 Å². The molecule has 0 saturated heterocycles. The molecule has 3 aliphatic rings. The average molecular weight is 321 g/mol. The zero-order chi connectivity index (χ0) is 17.0. The van der Waals surface area contributed by atoms with Gasteiger partial charge in [0.2, 0.25) is 0 Å². The molecule has 0 heterocycles. The van der Waals surface area contributed by atoms with Crippen molar-refractivity contribution in [3.63, 3.8) is 0 Å². The van der Waals surface area contributed by atoms with Gasteiger partial charge >= 0.3 is 5.97 Å². The van der Waals surface area contributed by atoms with Crippen LogP contribution in [-0.4, -0.2) is 11.6 Å². The fourth-order valence-corrected chi connectivity index (χ4v) is 6.06. The van der Waals surface area contributed by atoms with E-state index < -0.39 is 0 Å². The second kappa shape index (κ2) is 5.77. The van der Waals surface area contributed by atoms with E-state index in [1.165, 1.54) is 25.7 Å². The minimum Gasteiger partial charge on any atom is -0.459 e. The molecule has 3 aliphatic carbocycles. The third kappa shape index (κ3) is 3.20. The maximum absolute atomic E-state index is 13.0. The normalized spacial score (nSPS) is 40.5. The van der Waals surface area contributed by atoms with Gasteiger partial charge in [0, 0.05) is 5.92 Å². The molecule has 0 radical (unpaired) electrons. The Morgan fingerprint density at radius 2 is 1.87 bits per heavy atom. The maximum atomic E-state index is 13.0. The fourth-order valence-electron chi connectivity index (χ4n) is 6.06. The lowest BCUT2D eigenvalue weighted by Crippen LogP contribution is -2.44. The Kier molecular flexibility index (Phi) is 4.34. The fraction of sp³-hybridized carbons (Fsp3) is 0.952. The third-order valence-corrected chi connectivity index (χ3v) is 7.03. The first kappa shape index (κ1) is 17.3. The summed E-state index contributed by atoms with van der Waals surface area (Å²) in [6, 6.07) is 0. The van der Waals surface area contributed by atoms with Crippen LogP contribution in [0.3, 0.4) is 0 Å². The minimum absolute atomic E-state index is 0.0327. The highest BCUT2D eigenvalue weighted by atomic mass is 16.6. The smallest absolute Gasteiger partial charge is 0.309 e. The average Bonchev–Trinajstić information content (AvgIpc) is 3.04. The lowest BCUT2D eigenvalue weighted by Gasteiger charge is -2.41. The topological polar surface area (TPSA) is 26.3 Å². The Labute approximate surface area is 142 Å². The summed E-state index contributed by atoms with van der Waals surface area (Å²) in [4.78, 5) is 13.0. The van der Waals surface area contributed by atoms with E-state index in [9.17, 15) is 4.79 Å². The molecule has 0 aromatic heterocycles. The highest BCUT2D eigenvalue weighted by molar-refractivity contribution is 5.73. The lowest BCUT2D eigenvalue weighted by atomic mass is 9.73. The van der Waals surface area contributed by atoms with Crippen molar-refractivity contribution in [1.29, 1.82) is 0 Å². The molecule has 2 nitrogen and oxygen atoms in total. The predicted molar refractivity (Wildman–Crippen MR) is 93.9 cm³/mol. The van der Waals surface area contributed by atoms with Crippen LogP contribution in [0.2, 0.25) is 0 Å². The van der Waals surface area contributed by atoms with Crippen molar-refractivity contribution >= 4 is 5.97 Å². The molecule has 3 saturated carbocycles. The summed E-state index contributed by atoms with van der Waals surface area (Å²) in [5.74, 6) is 3.69. The molecule has 0 N–H and O–H groups in total. The molecule has 0 aromatic rings. The van der Waals surface area contributed by atoms with Crippen LogP contribution in [-0.2, 0) is 9.53 Å². The molecular weight excluding hydrogens is 284 g/mol. The summed E-state index contributed by atoms with van der Waals surface area (Å²) >= 11 is 0. The van der Waals surface area contributed by atoms with Crippen LogP contribution < -0.4 is 0 Å².